The van der Waals surface area contributed by atoms with Gasteiger partial charge in [-0.2, -0.15) is 0 Å². The van der Waals surface area contributed by atoms with Gasteiger partial charge < -0.3 is 9.88 Å². The van der Waals surface area contributed by atoms with Crippen LogP contribution in [0.15, 0.2) is 23.0 Å². The van der Waals surface area contributed by atoms with E-state index in [0.29, 0.717) is 16.5 Å². The molecule has 1 saturated heterocycles. The van der Waals surface area contributed by atoms with Crippen molar-refractivity contribution in [3.8, 4) is 0 Å². The molecule has 1 unspecified atom stereocenters. The number of aromatic nitrogens is 1. The number of rotatable bonds is 2. The Hall–Kier alpha value is -1.32. The largest absolute Gasteiger partial charge is 0.358 e. The molecule has 0 amide bonds. The van der Waals surface area contributed by atoms with Gasteiger partial charge in [0.15, 0.2) is 5.43 Å². The van der Waals surface area contributed by atoms with Gasteiger partial charge in [0.2, 0.25) is 0 Å². The standard InChI is InChI=1S/C17H21ClN2O/c1-11-5-3-4-8-20(11)10-15-12(2)19-16-7-6-13(18)9-14(16)17(15)21/h6-7,9,11H,3-5,8,10H2,1-2H3,(H,19,21)/p+1/t11-/m0/s1. The summed E-state index contributed by atoms with van der Waals surface area (Å²) in [5, 5.41) is 1.31. The van der Waals surface area contributed by atoms with Crippen molar-refractivity contribution in [1.82, 2.24) is 4.98 Å². The number of nitrogens with one attached hydrogen (secondary N) is 2. The van der Waals surface area contributed by atoms with Crippen LogP contribution in [0.1, 0.15) is 37.4 Å². The lowest BCUT2D eigenvalue weighted by atomic mass is 10.0. The number of quaternary nitrogens is 1. The number of aromatic amines is 1. The van der Waals surface area contributed by atoms with Crippen LogP contribution in [-0.2, 0) is 6.54 Å². The normalized spacial score (nSPS) is 22.6. The number of fused-ring (bicyclic) bond motifs is 1. The molecule has 1 aromatic carbocycles. The second-order valence-corrected chi connectivity index (χ2v) is 6.67. The lowest BCUT2D eigenvalue weighted by Crippen LogP contribution is -3.15. The molecule has 112 valence electrons. The summed E-state index contributed by atoms with van der Waals surface area (Å²) >= 11 is 6.04. The molecule has 2 aromatic rings. The van der Waals surface area contributed by atoms with Gasteiger partial charge in [-0.15, -0.1) is 0 Å². The number of aryl methyl sites for hydroxylation is 1. The van der Waals surface area contributed by atoms with E-state index in [1.54, 1.807) is 6.07 Å². The van der Waals surface area contributed by atoms with E-state index in [2.05, 4.69) is 11.9 Å². The van der Waals surface area contributed by atoms with E-state index in [1.165, 1.54) is 24.2 Å². The molecule has 21 heavy (non-hydrogen) atoms. The lowest BCUT2D eigenvalue weighted by molar-refractivity contribution is -0.942. The maximum Gasteiger partial charge on any atom is 0.198 e. The molecule has 0 bridgehead atoms. The van der Waals surface area contributed by atoms with Crippen LogP contribution in [0.5, 0.6) is 0 Å². The first-order chi connectivity index (χ1) is 10.1. The Balaban J connectivity index is 2.03. The number of benzene rings is 1. The number of hydrogen-bond acceptors (Lipinski definition) is 1. The van der Waals surface area contributed by atoms with Crippen molar-refractivity contribution in [2.45, 2.75) is 45.7 Å². The van der Waals surface area contributed by atoms with E-state index < -0.39 is 0 Å². The fourth-order valence-corrected chi connectivity index (χ4v) is 3.55. The molecule has 3 nitrogen and oxygen atoms in total. The van der Waals surface area contributed by atoms with Crippen LogP contribution in [0.2, 0.25) is 5.02 Å². The summed E-state index contributed by atoms with van der Waals surface area (Å²) < 4.78 is 0. The highest BCUT2D eigenvalue weighted by Gasteiger charge is 2.24. The number of H-pyrrole nitrogens is 1. The third-order valence-electron chi connectivity index (χ3n) is 4.76. The van der Waals surface area contributed by atoms with Crippen molar-refractivity contribution >= 4 is 22.5 Å². The van der Waals surface area contributed by atoms with Crippen LogP contribution in [0, 0.1) is 6.92 Å². The molecule has 3 rings (SSSR count). The molecule has 2 atom stereocenters. The quantitative estimate of drug-likeness (QED) is 0.878. The Morgan fingerprint density at radius 2 is 2.19 bits per heavy atom. The highest BCUT2D eigenvalue weighted by atomic mass is 35.5. The van der Waals surface area contributed by atoms with Gasteiger partial charge >= 0.3 is 0 Å². The van der Waals surface area contributed by atoms with E-state index in [0.717, 1.165) is 29.9 Å². The van der Waals surface area contributed by atoms with Gasteiger partial charge in [0.05, 0.1) is 18.2 Å². The summed E-state index contributed by atoms with van der Waals surface area (Å²) in [5.74, 6) is 0. The second kappa shape index (κ2) is 5.82. The number of pyridine rings is 1. The minimum atomic E-state index is 0.133. The Kier molecular flexibility index (Phi) is 4.05. The number of hydrogen-bond donors (Lipinski definition) is 2. The van der Waals surface area contributed by atoms with E-state index in [4.69, 9.17) is 11.6 Å². The van der Waals surface area contributed by atoms with Gasteiger partial charge in [-0.1, -0.05) is 11.6 Å². The van der Waals surface area contributed by atoms with Crippen molar-refractivity contribution in [2.24, 2.45) is 0 Å². The Morgan fingerprint density at radius 3 is 2.95 bits per heavy atom. The highest BCUT2D eigenvalue weighted by molar-refractivity contribution is 6.31. The molecule has 2 heterocycles. The molecule has 2 N–H and O–H groups in total. The van der Waals surface area contributed by atoms with Crippen molar-refractivity contribution in [1.29, 1.82) is 0 Å². The van der Waals surface area contributed by atoms with Crippen LogP contribution < -0.4 is 10.3 Å². The third-order valence-corrected chi connectivity index (χ3v) is 5.00. The van der Waals surface area contributed by atoms with Gasteiger partial charge in [-0.3, -0.25) is 4.79 Å². The Morgan fingerprint density at radius 1 is 1.38 bits per heavy atom. The fourth-order valence-electron chi connectivity index (χ4n) is 3.38. The molecule has 1 fully saturated rings. The van der Waals surface area contributed by atoms with Gasteiger partial charge in [0.1, 0.15) is 6.54 Å². The van der Waals surface area contributed by atoms with Crippen LogP contribution in [-0.4, -0.2) is 17.6 Å². The summed E-state index contributed by atoms with van der Waals surface area (Å²) in [6.45, 7) is 6.26. The van der Waals surface area contributed by atoms with Crippen LogP contribution in [0.4, 0.5) is 0 Å². The lowest BCUT2D eigenvalue weighted by Gasteiger charge is -2.30. The molecule has 0 spiro atoms. The SMILES string of the molecule is Cc1[nH]c2ccc(Cl)cc2c(=O)c1C[NH+]1CCCC[C@@H]1C. The zero-order valence-corrected chi connectivity index (χ0v) is 13.4. The van der Waals surface area contributed by atoms with Crippen LogP contribution in [0.25, 0.3) is 10.9 Å². The van der Waals surface area contributed by atoms with E-state index in [-0.39, 0.29) is 5.43 Å². The predicted octanol–water partition coefficient (Wildman–Crippen LogP) is 2.45. The molecule has 0 saturated carbocycles. The second-order valence-electron chi connectivity index (χ2n) is 6.23. The number of piperidine rings is 1. The summed E-state index contributed by atoms with van der Waals surface area (Å²) in [7, 11) is 0. The smallest absolute Gasteiger partial charge is 0.198 e. The van der Waals surface area contributed by atoms with E-state index in [9.17, 15) is 4.79 Å². The first-order valence-corrected chi connectivity index (χ1v) is 8.09. The van der Waals surface area contributed by atoms with Gasteiger partial charge in [0, 0.05) is 21.6 Å². The predicted molar refractivity (Wildman–Crippen MR) is 87.2 cm³/mol. The first-order valence-electron chi connectivity index (χ1n) is 7.72. The van der Waals surface area contributed by atoms with Crippen LogP contribution >= 0.6 is 11.6 Å². The Labute approximate surface area is 129 Å². The molecule has 1 aliphatic rings. The van der Waals surface area contributed by atoms with E-state index in [1.807, 2.05) is 19.1 Å². The average Bonchev–Trinajstić information content (AvgIpc) is 2.46. The summed E-state index contributed by atoms with van der Waals surface area (Å²) in [5.41, 5.74) is 2.90. The van der Waals surface area contributed by atoms with Crippen molar-refractivity contribution in [3.63, 3.8) is 0 Å². The average molecular weight is 306 g/mol. The summed E-state index contributed by atoms with van der Waals surface area (Å²) in [6.07, 6.45) is 3.83. The van der Waals surface area contributed by atoms with Crippen molar-refractivity contribution in [3.05, 3.63) is 44.7 Å². The van der Waals surface area contributed by atoms with Gasteiger partial charge in [0.25, 0.3) is 0 Å². The van der Waals surface area contributed by atoms with Crippen molar-refractivity contribution in [2.75, 3.05) is 6.54 Å². The molecule has 1 aromatic heterocycles. The third kappa shape index (κ3) is 2.85. The van der Waals surface area contributed by atoms with E-state index >= 15 is 0 Å². The first kappa shape index (κ1) is 14.6. The summed E-state index contributed by atoms with van der Waals surface area (Å²) in [4.78, 5) is 17.7. The zero-order chi connectivity index (χ0) is 15.0. The highest BCUT2D eigenvalue weighted by Crippen LogP contribution is 2.16. The molecule has 0 aliphatic carbocycles. The minimum absolute atomic E-state index is 0.133. The Bertz CT molecular complexity index is 723. The van der Waals surface area contributed by atoms with Crippen molar-refractivity contribution < 1.29 is 4.90 Å². The molecular weight excluding hydrogens is 284 g/mol. The van der Waals surface area contributed by atoms with Crippen LogP contribution in [0.3, 0.4) is 0 Å². The number of halogens is 1. The summed E-state index contributed by atoms with van der Waals surface area (Å²) in [6, 6.07) is 6.10. The maximum absolute atomic E-state index is 12.8. The molecule has 4 heteroatoms. The topological polar surface area (TPSA) is 37.3 Å². The maximum atomic E-state index is 12.8. The van der Waals surface area contributed by atoms with Gasteiger partial charge in [-0.25, -0.2) is 0 Å². The molecular formula is C17H22ClN2O+. The molecule has 1 aliphatic heterocycles. The monoisotopic (exact) mass is 305 g/mol. The fraction of sp³-hybridized carbons (Fsp3) is 0.471. The minimum Gasteiger partial charge on any atom is -0.358 e. The molecule has 0 radical (unpaired) electrons. The van der Waals surface area contributed by atoms with Gasteiger partial charge in [-0.05, 0) is 51.3 Å². The zero-order valence-electron chi connectivity index (χ0n) is 12.6. The number of likely N-dealkylation sites (tertiary alicyclic amines) is 1.